The monoisotopic (exact) mass is 411 g/mol. The number of furan rings is 1. The fourth-order valence-corrected chi connectivity index (χ4v) is 3.62. The fourth-order valence-electron chi connectivity index (χ4n) is 3.62. The predicted octanol–water partition coefficient (Wildman–Crippen LogP) is 4.68. The minimum absolute atomic E-state index is 0.119. The molecule has 31 heavy (non-hydrogen) atoms. The largest absolute Gasteiger partial charge is 0.486 e. The number of carbonyl (C=O) groups excluding carboxylic acids is 1. The van der Waals surface area contributed by atoms with Gasteiger partial charge in [-0.2, -0.15) is 0 Å². The van der Waals surface area contributed by atoms with Crippen molar-refractivity contribution >= 4 is 27.7 Å². The summed E-state index contributed by atoms with van der Waals surface area (Å²) in [6.07, 6.45) is 1.59. The van der Waals surface area contributed by atoms with Gasteiger partial charge in [0.2, 0.25) is 5.91 Å². The quantitative estimate of drug-likeness (QED) is 0.422. The molecule has 2 heterocycles. The van der Waals surface area contributed by atoms with Crippen LogP contribution in [0.4, 0.5) is 0 Å². The van der Waals surface area contributed by atoms with E-state index in [9.17, 15) is 4.79 Å². The van der Waals surface area contributed by atoms with Gasteiger partial charge in [0.25, 0.3) is 0 Å². The number of benzene rings is 3. The van der Waals surface area contributed by atoms with Crippen molar-refractivity contribution in [2.24, 2.45) is 0 Å². The number of carbonyl (C=O) groups is 1. The summed E-state index contributed by atoms with van der Waals surface area (Å²) in [4.78, 5) is 17.3. The molecule has 0 spiro atoms. The minimum atomic E-state index is -0.119. The summed E-state index contributed by atoms with van der Waals surface area (Å²) in [5.74, 6) is 2.05. The second-order valence-electron chi connectivity index (χ2n) is 7.26. The van der Waals surface area contributed by atoms with E-state index in [0.717, 1.165) is 27.6 Å². The van der Waals surface area contributed by atoms with Gasteiger partial charge in [-0.3, -0.25) is 4.79 Å². The predicted molar refractivity (Wildman–Crippen MR) is 119 cm³/mol. The van der Waals surface area contributed by atoms with E-state index in [1.807, 2.05) is 65.2 Å². The molecule has 5 rings (SSSR count). The molecule has 154 valence electrons. The van der Waals surface area contributed by atoms with Crippen LogP contribution in [0.5, 0.6) is 5.75 Å². The molecule has 0 saturated heterocycles. The highest BCUT2D eigenvalue weighted by Crippen LogP contribution is 2.22. The van der Waals surface area contributed by atoms with Gasteiger partial charge in [0.15, 0.2) is 0 Å². The molecule has 0 radical (unpaired) electrons. The Hall–Kier alpha value is -4.06. The highest BCUT2D eigenvalue weighted by Gasteiger charge is 2.14. The normalized spacial score (nSPS) is 11.1. The number of nitrogens with zero attached hydrogens (tertiary/aromatic N) is 2. The highest BCUT2D eigenvalue weighted by molar-refractivity contribution is 5.84. The SMILES string of the molecule is O=C(Cn1c(COc2ccc3ccccc3c2)nc2ccccc21)NCc1ccco1. The Balaban J connectivity index is 1.35. The second-order valence-corrected chi connectivity index (χ2v) is 7.26. The molecule has 0 bridgehead atoms. The summed E-state index contributed by atoms with van der Waals surface area (Å²) in [7, 11) is 0. The van der Waals surface area contributed by atoms with Gasteiger partial charge >= 0.3 is 0 Å². The van der Waals surface area contributed by atoms with Crippen molar-refractivity contribution in [2.75, 3.05) is 0 Å². The van der Waals surface area contributed by atoms with E-state index in [1.165, 1.54) is 0 Å². The molecule has 1 N–H and O–H groups in total. The molecule has 0 aliphatic heterocycles. The number of aromatic nitrogens is 2. The number of fused-ring (bicyclic) bond motifs is 2. The Kier molecular flexibility index (Phi) is 5.10. The number of imidazole rings is 1. The van der Waals surface area contributed by atoms with E-state index in [0.29, 0.717) is 18.1 Å². The maximum absolute atomic E-state index is 12.6. The number of hydrogen-bond acceptors (Lipinski definition) is 4. The van der Waals surface area contributed by atoms with E-state index in [4.69, 9.17) is 14.1 Å². The lowest BCUT2D eigenvalue weighted by Gasteiger charge is -2.11. The summed E-state index contributed by atoms with van der Waals surface area (Å²) in [5.41, 5.74) is 1.73. The molecule has 0 fully saturated rings. The summed E-state index contributed by atoms with van der Waals surface area (Å²) in [6, 6.07) is 25.5. The lowest BCUT2D eigenvalue weighted by Crippen LogP contribution is -2.27. The van der Waals surface area contributed by atoms with Crippen molar-refractivity contribution in [3.05, 3.63) is 96.7 Å². The molecule has 0 unspecified atom stereocenters. The van der Waals surface area contributed by atoms with Gasteiger partial charge in [-0.05, 0) is 47.2 Å². The first kappa shape index (κ1) is 18.9. The van der Waals surface area contributed by atoms with Crippen LogP contribution in [0.25, 0.3) is 21.8 Å². The number of para-hydroxylation sites is 2. The first-order valence-corrected chi connectivity index (χ1v) is 10.1. The zero-order chi connectivity index (χ0) is 21.0. The second kappa shape index (κ2) is 8.36. The average molecular weight is 411 g/mol. The highest BCUT2D eigenvalue weighted by atomic mass is 16.5. The van der Waals surface area contributed by atoms with E-state index in [2.05, 4.69) is 17.4 Å². The maximum atomic E-state index is 12.6. The number of ether oxygens (including phenoxy) is 1. The molecule has 0 saturated carbocycles. The molecule has 0 aliphatic carbocycles. The lowest BCUT2D eigenvalue weighted by atomic mass is 10.1. The van der Waals surface area contributed by atoms with Gasteiger partial charge in [0.1, 0.15) is 30.5 Å². The Morgan fingerprint density at radius 3 is 2.68 bits per heavy atom. The molecule has 5 aromatic rings. The van der Waals surface area contributed by atoms with Crippen molar-refractivity contribution in [1.82, 2.24) is 14.9 Å². The van der Waals surface area contributed by atoms with Crippen molar-refractivity contribution in [3.8, 4) is 5.75 Å². The van der Waals surface area contributed by atoms with E-state index in [1.54, 1.807) is 12.3 Å². The molecular weight excluding hydrogens is 390 g/mol. The van der Waals surface area contributed by atoms with E-state index < -0.39 is 0 Å². The van der Waals surface area contributed by atoms with Crippen LogP contribution in [0.2, 0.25) is 0 Å². The molecule has 1 amide bonds. The van der Waals surface area contributed by atoms with Crippen LogP contribution < -0.4 is 10.1 Å². The number of amides is 1. The van der Waals surface area contributed by atoms with Crippen LogP contribution in [0.1, 0.15) is 11.6 Å². The Bertz CT molecular complexity index is 1340. The van der Waals surface area contributed by atoms with Crippen LogP contribution in [-0.4, -0.2) is 15.5 Å². The van der Waals surface area contributed by atoms with E-state index >= 15 is 0 Å². The van der Waals surface area contributed by atoms with Gasteiger partial charge < -0.3 is 19.0 Å². The standard InChI is InChI=1S/C25H21N3O3/c29-25(26-15-21-8-5-13-30-21)16-28-23-10-4-3-9-22(23)27-24(28)17-31-20-12-11-18-6-1-2-7-19(18)14-20/h1-14H,15-17H2,(H,26,29). The number of rotatable bonds is 7. The van der Waals surface area contributed by atoms with Crippen molar-refractivity contribution in [1.29, 1.82) is 0 Å². The van der Waals surface area contributed by atoms with Crippen molar-refractivity contribution in [2.45, 2.75) is 19.7 Å². The first-order valence-electron chi connectivity index (χ1n) is 10.1. The van der Waals surface area contributed by atoms with Crippen LogP contribution in [0.3, 0.4) is 0 Å². The summed E-state index contributed by atoms with van der Waals surface area (Å²) in [5, 5.41) is 5.17. The molecule has 3 aromatic carbocycles. The van der Waals surface area contributed by atoms with Gasteiger partial charge in [-0.25, -0.2) is 4.98 Å². The Morgan fingerprint density at radius 2 is 1.81 bits per heavy atom. The molecule has 6 heteroatoms. The summed E-state index contributed by atoms with van der Waals surface area (Å²) >= 11 is 0. The third-order valence-electron chi connectivity index (χ3n) is 5.16. The molecule has 0 atom stereocenters. The molecule has 0 aliphatic rings. The van der Waals surface area contributed by atoms with E-state index in [-0.39, 0.29) is 19.1 Å². The smallest absolute Gasteiger partial charge is 0.240 e. The topological polar surface area (TPSA) is 69.3 Å². The van der Waals surface area contributed by atoms with Crippen LogP contribution in [-0.2, 0) is 24.5 Å². The van der Waals surface area contributed by atoms with Gasteiger partial charge in [-0.1, -0.05) is 42.5 Å². The van der Waals surface area contributed by atoms with Crippen LogP contribution >= 0.6 is 0 Å². The molecule has 6 nitrogen and oxygen atoms in total. The van der Waals surface area contributed by atoms with Crippen molar-refractivity contribution in [3.63, 3.8) is 0 Å². The Morgan fingerprint density at radius 1 is 0.968 bits per heavy atom. The minimum Gasteiger partial charge on any atom is -0.486 e. The first-order chi connectivity index (χ1) is 15.3. The van der Waals surface area contributed by atoms with Gasteiger partial charge in [-0.15, -0.1) is 0 Å². The molecule has 2 aromatic heterocycles. The van der Waals surface area contributed by atoms with Crippen LogP contribution in [0.15, 0.2) is 89.5 Å². The van der Waals surface area contributed by atoms with Crippen LogP contribution in [0, 0.1) is 0 Å². The third-order valence-corrected chi connectivity index (χ3v) is 5.16. The number of hydrogen-bond donors (Lipinski definition) is 1. The lowest BCUT2D eigenvalue weighted by molar-refractivity contribution is -0.121. The fraction of sp³-hybridized carbons (Fsp3) is 0.120. The van der Waals surface area contributed by atoms with Gasteiger partial charge in [0, 0.05) is 0 Å². The number of nitrogens with one attached hydrogen (secondary N) is 1. The molecular formula is C25H21N3O3. The van der Waals surface area contributed by atoms with Gasteiger partial charge in [0.05, 0.1) is 23.8 Å². The third kappa shape index (κ3) is 4.14. The maximum Gasteiger partial charge on any atom is 0.240 e. The van der Waals surface area contributed by atoms with Crippen molar-refractivity contribution < 1.29 is 13.9 Å². The summed E-state index contributed by atoms with van der Waals surface area (Å²) < 4.78 is 13.2. The summed E-state index contributed by atoms with van der Waals surface area (Å²) in [6.45, 7) is 0.761. The Labute approximate surface area is 179 Å². The average Bonchev–Trinajstić information content (AvgIpc) is 3.44. The zero-order valence-electron chi connectivity index (χ0n) is 16.8. The zero-order valence-corrected chi connectivity index (χ0v) is 16.8.